The van der Waals surface area contributed by atoms with Crippen LogP contribution in [0, 0.1) is 0 Å². The van der Waals surface area contributed by atoms with Crippen LogP contribution in [0.15, 0.2) is 0 Å². The molecule has 2 N–H and O–H groups in total. The molecular formula is C10H24N2O3S. The van der Waals surface area contributed by atoms with Crippen molar-refractivity contribution in [3.05, 3.63) is 0 Å². The Balaban J connectivity index is 4.37. The van der Waals surface area contributed by atoms with Gasteiger partial charge in [0.2, 0.25) is 10.0 Å². The third kappa shape index (κ3) is 5.79. The van der Waals surface area contributed by atoms with E-state index >= 15 is 0 Å². The Bertz CT molecular complexity index is 276. The van der Waals surface area contributed by atoms with Crippen molar-refractivity contribution >= 4 is 10.0 Å². The monoisotopic (exact) mass is 252 g/mol. The molecule has 0 saturated carbocycles. The van der Waals surface area contributed by atoms with E-state index in [-0.39, 0.29) is 31.0 Å². The molecule has 0 heterocycles. The van der Waals surface area contributed by atoms with E-state index in [2.05, 4.69) is 5.32 Å². The summed E-state index contributed by atoms with van der Waals surface area (Å²) in [6.45, 7) is 8.03. The van der Waals surface area contributed by atoms with Crippen LogP contribution in [0.1, 0.15) is 27.7 Å². The smallest absolute Gasteiger partial charge is 0.215 e. The van der Waals surface area contributed by atoms with Gasteiger partial charge in [-0.3, -0.25) is 0 Å². The minimum atomic E-state index is -3.27. The van der Waals surface area contributed by atoms with Crippen LogP contribution in [0.2, 0.25) is 0 Å². The van der Waals surface area contributed by atoms with Gasteiger partial charge in [0.05, 0.1) is 12.4 Å². The minimum Gasteiger partial charge on any atom is -0.395 e. The SMILES string of the molecule is CC(C)NCCS(=O)(=O)N(CCO)C(C)C. The van der Waals surface area contributed by atoms with Crippen molar-refractivity contribution in [3.8, 4) is 0 Å². The molecule has 0 spiro atoms. The fraction of sp³-hybridized carbons (Fsp3) is 1.00. The molecule has 0 bridgehead atoms. The molecule has 0 radical (unpaired) electrons. The van der Waals surface area contributed by atoms with Crippen LogP contribution in [-0.2, 0) is 10.0 Å². The van der Waals surface area contributed by atoms with Gasteiger partial charge in [-0.05, 0) is 13.8 Å². The largest absolute Gasteiger partial charge is 0.395 e. The normalized spacial score (nSPS) is 13.0. The first kappa shape index (κ1) is 15.8. The average molecular weight is 252 g/mol. The van der Waals surface area contributed by atoms with Gasteiger partial charge >= 0.3 is 0 Å². The predicted octanol–water partition coefficient (Wildman–Crippen LogP) is 0.0169. The lowest BCUT2D eigenvalue weighted by molar-refractivity contribution is 0.236. The van der Waals surface area contributed by atoms with Crippen molar-refractivity contribution in [2.45, 2.75) is 39.8 Å². The van der Waals surface area contributed by atoms with E-state index in [0.717, 1.165) is 0 Å². The quantitative estimate of drug-likeness (QED) is 0.639. The Morgan fingerprint density at radius 2 is 1.81 bits per heavy atom. The van der Waals surface area contributed by atoms with E-state index in [9.17, 15) is 8.42 Å². The second kappa shape index (κ2) is 7.21. The number of hydrogen-bond donors (Lipinski definition) is 2. The molecule has 0 aliphatic rings. The van der Waals surface area contributed by atoms with Crippen molar-refractivity contribution in [2.24, 2.45) is 0 Å². The lowest BCUT2D eigenvalue weighted by Gasteiger charge is -2.25. The standard InChI is InChI=1S/C10H24N2O3S/c1-9(2)11-5-8-16(14,15)12(6-7-13)10(3)4/h9-11,13H,5-8H2,1-4H3. The lowest BCUT2D eigenvalue weighted by atomic mass is 10.4. The maximum Gasteiger partial charge on any atom is 0.215 e. The van der Waals surface area contributed by atoms with Gasteiger partial charge in [0.15, 0.2) is 0 Å². The van der Waals surface area contributed by atoms with E-state index in [1.807, 2.05) is 27.7 Å². The number of nitrogens with zero attached hydrogens (tertiary/aromatic N) is 1. The molecule has 98 valence electrons. The first-order chi connectivity index (χ1) is 7.31. The van der Waals surface area contributed by atoms with Gasteiger partial charge < -0.3 is 10.4 Å². The number of sulfonamides is 1. The molecule has 0 rings (SSSR count). The van der Waals surface area contributed by atoms with Crippen molar-refractivity contribution in [1.82, 2.24) is 9.62 Å². The highest BCUT2D eigenvalue weighted by Gasteiger charge is 2.23. The molecule has 6 heteroatoms. The summed E-state index contributed by atoms with van der Waals surface area (Å²) in [6, 6.07) is 0.164. The molecule has 5 nitrogen and oxygen atoms in total. The summed E-state index contributed by atoms with van der Waals surface area (Å²) in [5.74, 6) is 0.0728. The first-order valence-electron chi connectivity index (χ1n) is 5.65. The van der Waals surface area contributed by atoms with Gasteiger partial charge in [0.1, 0.15) is 0 Å². The number of hydrogen-bond acceptors (Lipinski definition) is 4. The lowest BCUT2D eigenvalue weighted by Crippen LogP contribution is -2.42. The van der Waals surface area contributed by atoms with E-state index in [0.29, 0.717) is 6.54 Å². The summed E-state index contributed by atoms with van der Waals surface area (Å²) in [5, 5.41) is 11.9. The van der Waals surface area contributed by atoms with Crippen LogP contribution in [0.5, 0.6) is 0 Å². The molecule has 0 aromatic heterocycles. The highest BCUT2D eigenvalue weighted by atomic mass is 32.2. The van der Waals surface area contributed by atoms with Gasteiger partial charge in [0, 0.05) is 25.2 Å². The van der Waals surface area contributed by atoms with Crippen molar-refractivity contribution in [3.63, 3.8) is 0 Å². The van der Waals surface area contributed by atoms with Gasteiger partial charge in [-0.2, -0.15) is 4.31 Å². The van der Waals surface area contributed by atoms with E-state index < -0.39 is 10.0 Å². The fourth-order valence-electron chi connectivity index (χ4n) is 1.41. The predicted molar refractivity (Wildman–Crippen MR) is 65.9 cm³/mol. The molecule has 0 aromatic rings. The van der Waals surface area contributed by atoms with Gasteiger partial charge in [-0.25, -0.2) is 8.42 Å². The second-order valence-corrected chi connectivity index (χ2v) is 6.39. The van der Waals surface area contributed by atoms with Gasteiger partial charge in [-0.1, -0.05) is 13.8 Å². The third-order valence-corrected chi connectivity index (χ3v) is 4.21. The molecule has 0 fully saturated rings. The van der Waals surface area contributed by atoms with Gasteiger partial charge in [-0.15, -0.1) is 0 Å². The molecule has 0 aliphatic heterocycles. The molecule has 0 amide bonds. The number of rotatable bonds is 8. The van der Waals surface area contributed by atoms with E-state index in [4.69, 9.17) is 5.11 Å². The fourth-order valence-corrected chi connectivity index (χ4v) is 3.02. The van der Waals surface area contributed by atoms with Crippen LogP contribution >= 0.6 is 0 Å². The number of nitrogens with one attached hydrogen (secondary N) is 1. The number of aliphatic hydroxyl groups is 1. The van der Waals surface area contributed by atoms with Crippen molar-refractivity contribution in [2.75, 3.05) is 25.4 Å². The van der Waals surface area contributed by atoms with Crippen LogP contribution < -0.4 is 5.32 Å². The average Bonchev–Trinajstić information content (AvgIpc) is 2.12. The zero-order valence-corrected chi connectivity index (χ0v) is 11.4. The topological polar surface area (TPSA) is 69.6 Å². The summed E-state index contributed by atoms with van der Waals surface area (Å²) < 4.78 is 25.2. The van der Waals surface area contributed by atoms with Crippen molar-refractivity contribution < 1.29 is 13.5 Å². The Labute approximate surface area is 98.9 Å². The van der Waals surface area contributed by atoms with Gasteiger partial charge in [0.25, 0.3) is 0 Å². The first-order valence-corrected chi connectivity index (χ1v) is 7.26. The van der Waals surface area contributed by atoms with Crippen LogP contribution in [0.4, 0.5) is 0 Å². The Hall–Kier alpha value is -0.170. The number of aliphatic hydroxyl groups excluding tert-OH is 1. The summed E-state index contributed by atoms with van der Waals surface area (Å²) in [5.41, 5.74) is 0. The van der Waals surface area contributed by atoms with Crippen LogP contribution in [-0.4, -0.2) is 55.4 Å². The van der Waals surface area contributed by atoms with Crippen LogP contribution in [0.3, 0.4) is 0 Å². The molecule has 0 atom stereocenters. The Morgan fingerprint density at radius 3 is 2.19 bits per heavy atom. The van der Waals surface area contributed by atoms with E-state index in [1.165, 1.54) is 4.31 Å². The Kier molecular flexibility index (Phi) is 7.14. The highest BCUT2D eigenvalue weighted by Crippen LogP contribution is 2.06. The molecule has 0 unspecified atom stereocenters. The maximum atomic E-state index is 11.9. The highest BCUT2D eigenvalue weighted by molar-refractivity contribution is 7.89. The van der Waals surface area contributed by atoms with Crippen LogP contribution in [0.25, 0.3) is 0 Å². The summed E-state index contributed by atoms with van der Waals surface area (Å²) in [4.78, 5) is 0. The Morgan fingerprint density at radius 1 is 1.25 bits per heavy atom. The molecule has 16 heavy (non-hydrogen) atoms. The summed E-state index contributed by atoms with van der Waals surface area (Å²) in [6.07, 6.45) is 0. The zero-order chi connectivity index (χ0) is 12.8. The third-order valence-electron chi connectivity index (χ3n) is 2.17. The zero-order valence-electron chi connectivity index (χ0n) is 10.6. The molecule has 0 aliphatic carbocycles. The molecular weight excluding hydrogens is 228 g/mol. The summed E-state index contributed by atoms with van der Waals surface area (Å²) in [7, 11) is -3.27. The van der Waals surface area contributed by atoms with E-state index in [1.54, 1.807) is 0 Å². The molecule has 0 saturated heterocycles. The molecule has 0 aromatic carbocycles. The minimum absolute atomic E-state index is 0.0728. The van der Waals surface area contributed by atoms with Crippen molar-refractivity contribution in [1.29, 1.82) is 0 Å². The second-order valence-electron chi connectivity index (χ2n) is 4.35. The maximum absolute atomic E-state index is 11.9. The summed E-state index contributed by atoms with van der Waals surface area (Å²) >= 11 is 0.